The summed E-state index contributed by atoms with van der Waals surface area (Å²) in [5, 5.41) is 10.7. The topological polar surface area (TPSA) is 55.8 Å². The van der Waals surface area contributed by atoms with Crippen LogP contribution in [0.5, 0.6) is 0 Å². The summed E-state index contributed by atoms with van der Waals surface area (Å²) in [6.07, 6.45) is 0.412. The van der Waals surface area contributed by atoms with Crippen molar-refractivity contribution >= 4 is 5.78 Å². The maximum absolute atomic E-state index is 13.1. The molecule has 2 saturated heterocycles. The van der Waals surface area contributed by atoms with Gasteiger partial charge in [0.25, 0.3) is 0 Å². The number of hydrogen-bond acceptors (Lipinski definition) is 4. The maximum Gasteiger partial charge on any atom is 0.152 e. The van der Waals surface area contributed by atoms with Crippen molar-refractivity contribution in [3.05, 3.63) is 0 Å². The predicted octanol–water partition coefficient (Wildman–Crippen LogP) is 1.94. The van der Waals surface area contributed by atoms with Gasteiger partial charge in [0, 0.05) is 12.3 Å². The average molecular weight is 282 g/mol. The summed E-state index contributed by atoms with van der Waals surface area (Å²) < 4.78 is 12.2. The molecule has 1 aliphatic carbocycles. The molecule has 2 aliphatic heterocycles. The zero-order valence-corrected chi connectivity index (χ0v) is 13.1. The van der Waals surface area contributed by atoms with Gasteiger partial charge in [0.05, 0.1) is 30.0 Å². The summed E-state index contributed by atoms with van der Waals surface area (Å²) in [6, 6.07) is 0. The molecule has 4 heteroatoms. The van der Waals surface area contributed by atoms with Crippen molar-refractivity contribution in [1.29, 1.82) is 0 Å². The second kappa shape index (κ2) is 4.05. The minimum absolute atomic E-state index is 0.146. The van der Waals surface area contributed by atoms with Crippen LogP contribution in [0.3, 0.4) is 0 Å². The van der Waals surface area contributed by atoms with Crippen molar-refractivity contribution < 1.29 is 19.4 Å². The maximum atomic E-state index is 13.1. The highest BCUT2D eigenvalue weighted by Gasteiger charge is 2.67. The number of aliphatic hydroxyl groups excluding tert-OH is 1. The van der Waals surface area contributed by atoms with Crippen LogP contribution in [0.15, 0.2) is 0 Å². The van der Waals surface area contributed by atoms with Gasteiger partial charge in [-0.05, 0) is 40.0 Å². The van der Waals surface area contributed by atoms with Crippen LogP contribution in [-0.4, -0.2) is 40.9 Å². The zero-order chi connectivity index (χ0) is 14.9. The van der Waals surface area contributed by atoms with Crippen molar-refractivity contribution in [3.8, 4) is 0 Å². The number of ketones is 1. The molecule has 1 spiro atoms. The Morgan fingerprint density at radius 2 is 1.90 bits per heavy atom. The largest absolute Gasteiger partial charge is 0.392 e. The first-order valence-corrected chi connectivity index (χ1v) is 7.64. The van der Waals surface area contributed by atoms with Gasteiger partial charge < -0.3 is 14.6 Å². The molecule has 5 atom stereocenters. The lowest BCUT2D eigenvalue weighted by Crippen LogP contribution is -2.72. The molecule has 0 aromatic heterocycles. The van der Waals surface area contributed by atoms with E-state index in [2.05, 4.69) is 6.92 Å². The molecular formula is C16H26O4. The molecule has 0 aromatic carbocycles. The molecule has 2 bridgehead atoms. The number of carbonyl (C=O) groups excluding carboxylic acids is 1. The highest BCUT2D eigenvalue weighted by molar-refractivity contribution is 5.91. The Morgan fingerprint density at radius 1 is 1.25 bits per heavy atom. The monoisotopic (exact) mass is 282 g/mol. The van der Waals surface area contributed by atoms with E-state index in [9.17, 15) is 9.90 Å². The molecule has 0 aromatic rings. The molecule has 3 rings (SSSR count). The average Bonchev–Trinajstić information content (AvgIpc) is 2.24. The summed E-state index contributed by atoms with van der Waals surface area (Å²) in [6.45, 7) is 10.3. The van der Waals surface area contributed by atoms with Crippen molar-refractivity contribution in [1.82, 2.24) is 0 Å². The Bertz CT molecular complexity index is 442. The van der Waals surface area contributed by atoms with E-state index < -0.39 is 17.1 Å². The standard InChI is InChI=1S/C16H26O4/c1-9-6-11-16(10(17)7-14(2,3)20-11)8-19-15(4,5)12(9)13(16)18/h9-12,17H,6-8H2,1-5H3/t9-,10-,11?,12-,16-/m1/s1. The van der Waals surface area contributed by atoms with Crippen LogP contribution in [-0.2, 0) is 14.3 Å². The number of ether oxygens (including phenoxy) is 2. The van der Waals surface area contributed by atoms with Crippen LogP contribution in [0.1, 0.15) is 47.5 Å². The summed E-state index contributed by atoms with van der Waals surface area (Å²) in [4.78, 5) is 13.1. The number of fused-ring (bicyclic) bond motifs is 1. The summed E-state index contributed by atoms with van der Waals surface area (Å²) in [7, 11) is 0. The molecule has 114 valence electrons. The first-order chi connectivity index (χ1) is 9.10. The molecule has 0 amide bonds. The Labute approximate surface area is 120 Å². The summed E-state index contributed by atoms with van der Waals surface area (Å²) in [5.41, 5.74) is -1.67. The van der Waals surface area contributed by atoms with E-state index in [0.29, 0.717) is 6.42 Å². The van der Waals surface area contributed by atoms with E-state index >= 15 is 0 Å². The lowest BCUT2D eigenvalue weighted by Gasteiger charge is -2.61. The Hall–Kier alpha value is -0.450. The Balaban J connectivity index is 2.04. The van der Waals surface area contributed by atoms with Crippen LogP contribution in [0, 0.1) is 17.3 Å². The van der Waals surface area contributed by atoms with E-state index in [1.807, 2.05) is 27.7 Å². The lowest BCUT2D eigenvalue weighted by atomic mass is 9.54. The van der Waals surface area contributed by atoms with Crippen molar-refractivity contribution in [2.75, 3.05) is 6.61 Å². The molecule has 20 heavy (non-hydrogen) atoms. The van der Waals surface area contributed by atoms with E-state index in [0.717, 1.165) is 6.42 Å². The smallest absolute Gasteiger partial charge is 0.152 e. The van der Waals surface area contributed by atoms with E-state index in [-0.39, 0.29) is 35.9 Å². The number of rotatable bonds is 0. The second-order valence-electron chi connectivity index (χ2n) is 8.07. The van der Waals surface area contributed by atoms with Crippen LogP contribution >= 0.6 is 0 Å². The molecule has 0 radical (unpaired) electrons. The number of hydrogen-bond donors (Lipinski definition) is 1. The molecular weight excluding hydrogens is 256 g/mol. The minimum atomic E-state index is -0.845. The fourth-order valence-corrected chi connectivity index (χ4v) is 4.66. The quantitative estimate of drug-likeness (QED) is 0.737. The predicted molar refractivity (Wildman–Crippen MR) is 74.3 cm³/mol. The molecule has 3 aliphatic rings. The lowest BCUT2D eigenvalue weighted by molar-refractivity contribution is -0.280. The third-order valence-corrected chi connectivity index (χ3v) is 5.64. The number of carbonyl (C=O) groups is 1. The van der Waals surface area contributed by atoms with Gasteiger partial charge in [0.2, 0.25) is 0 Å². The third kappa shape index (κ3) is 1.74. The van der Waals surface area contributed by atoms with E-state index in [1.54, 1.807) is 0 Å². The molecule has 2 heterocycles. The van der Waals surface area contributed by atoms with Crippen LogP contribution in [0.25, 0.3) is 0 Å². The van der Waals surface area contributed by atoms with Crippen LogP contribution < -0.4 is 0 Å². The number of Topliss-reactive ketones (excluding diaryl/α,β-unsaturated/α-hetero) is 1. The molecule has 3 fully saturated rings. The normalized spacial score (nSPS) is 49.6. The van der Waals surface area contributed by atoms with Gasteiger partial charge in [-0.3, -0.25) is 4.79 Å². The van der Waals surface area contributed by atoms with Gasteiger partial charge in [0.15, 0.2) is 5.78 Å². The zero-order valence-electron chi connectivity index (χ0n) is 13.1. The fourth-order valence-electron chi connectivity index (χ4n) is 4.66. The highest BCUT2D eigenvalue weighted by atomic mass is 16.5. The van der Waals surface area contributed by atoms with Crippen LogP contribution in [0.2, 0.25) is 0 Å². The Kier molecular flexibility index (Phi) is 2.93. The highest BCUT2D eigenvalue weighted by Crippen LogP contribution is 2.55. The van der Waals surface area contributed by atoms with E-state index in [1.165, 1.54) is 0 Å². The van der Waals surface area contributed by atoms with Crippen LogP contribution in [0.4, 0.5) is 0 Å². The minimum Gasteiger partial charge on any atom is -0.392 e. The fraction of sp³-hybridized carbons (Fsp3) is 0.938. The first kappa shape index (κ1) is 14.5. The van der Waals surface area contributed by atoms with E-state index in [4.69, 9.17) is 9.47 Å². The molecule has 1 unspecified atom stereocenters. The van der Waals surface area contributed by atoms with Crippen molar-refractivity contribution in [2.45, 2.75) is 70.9 Å². The van der Waals surface area contributed by atoms with Gasteiger partial charge >= 0.3 is 0 Å². The molecule has 4 nitrogen and oxygen atoms in total. The van der Waals surface area contributed by atoms with Gasteiger partial charge in [-0.2, -0.15) is 0 Å². The molecule has 1 N–H and O–H groups in total. The van der Waals surface area contributed by atoms with Crippen molar-refractivity contribution in [2.24, 2.45) is 17.3 Å². The van der Waals surface area contributed by atoms with Gasteiger partial charge in [-0.25, -0.2) is 0 Å². The SMILES string of the molecule is C[C@@H]1CC2OC(C)(C)C[C@@H](O)[C@]23COC(C)(C)[C@H]1C3=O. The van der Waals surface area contributed by atoms with Gasteiger partial charge in [-0.1, -0.05) is 6.92 Å². The second-order valence-corrected chi connectivity index (χ2v) is 8.07. The van der Waals surface area contributed by atoms with Gasteiger partial charge in [-0.15, -0.1) is 0 Å². The number of aliphatic hydroxyl groups is 1. The van der Waals surface area contributed by atoms with Gasteiger partial charge in [0.1, 0.15) is 5.41 Å². The summed E-state index contributed by atoms with van der Waals surface area (Å²) >= 11 is 0. The molecule has 1 saturated carbocycles. The Morgan fingerprint density at radius 3 is 2.55 bits per heavy atom. The summed E-state index contributed by atoms with van der Waals surface area (Å²) in [5.74, 6) is 0.226. The first-order valence-electron chi connectivity index (χ1n) is 7.64. The van der Waals surface area contributed by atoms with Crippen molar-refractivity contribution in [3.63, 3.8) is 0 Å². The third-order valence-electron chi connectivity index (χ3n) is 5.64.